The van der Waals surface area contributed by atoms with Crippen molar-refractivity contribution in [3.8, 4) is 0 Å². The maximum atomic E-state index is 12.8. The Hall–Kier alpha value is -2.03. The van der Waals surface area contributed by atoms with E-state index in [0.717, 1.165) is 37.9 Å². The van der Waals surface area contributed by atoms with Gasteiger partial charge >= 0.3 is 5.97 Å². The standard InChI is InChI=1S/C21H36N6O3/c1-4-27(5-2)20(28)10-14(3)30-21(29)18-12-17-11-15(6-8-16(17)13-22-18)7-9-19-23-25-26-24-19/h14-18,22H,4-13H2,1-3H3,(H,23,24,25,26)/t14-,15-,16+,17-,18+/m1/s1/i18D. The molecule has 2 heterocycles. The van der Waals surface area contributed by atoms with Gasteiger partial charge in [-0.2, -0.15) is 5.21 Å². The molecule has 2 fully saturated rings. The number of nitrogens with zero attached hydrogens (tertiary/aromatic N) is 4. The van der Waals surface area contributed by atoms with Crippen LogP contribution in [-0.4, -0.2) is 69.2 Å². The van der Waals surface area contributed by atoms with Gasteiger partial charge in [0.25, 0.3) is 0 Å². The van der Waals surface area contributed by atoms with Gasteiger partial charge in [0.2, 0.25) is 5.91 Å². The second-order valence-electron chi connectivity index (χ2n) is 8.62. The average molecular weight is 422 g/mol. The number of carbonyl (C=O) groups excluding carboxylic acids is 2. The Morgan fingerprint density at radius 3 is 2.77 bits per heavy atom. The molecule has 0 spiro atoms. The van der Waals surface area contributed by atoms with Crippen LogP contribution in [-0.2, 0) is 20.7 Å². The zero-order valence-corrected chi connectivity index (χ0v) is 18.4. The van der Waals surface area contributed by atoms with E-state index in [4.69, 9.17) is 6.11 Å². The summed E-state index contributed by atoms with van der Waals surface area (Å²) in [5, 5.41) is 17.3. The van der Waals surface area contributed by atoms with E-state index in [1.165, 1.54) is 0 Å². The molecule has 1 aromatic rings. The Labute approximate surface area is 180 Å². The minimum atomic E-state index is -1.44. The molecule has 9 heteroatoms. The van der Waals surface area contributed by atoms with Crippen molar-refractivity contribution >= 4 is 11.9 Å². The van der Waals surface area contributed by atoms with Gasteiger partial charge in [0.1, 0.15) is 12.1 Å². The number of nitrogens with one attached hydrogen (secondary N) is 2. The number of tetrazole rings is 1. The number of hydrogen-bond acceptors (Lipinski definition) is 7. The Morgan fingerprint density at radius 1 is 1.27 bits per heavy atom. The third-order valence-electron chi connectivity index (χ3n) is 6.59. The normalized spacial score (nSPS) is 30.1. The number of fused-ring (bicyclic) bond motifs is 1. The first-order valence-corrected chi connectivity index (χ1v) is 11.3. The molecule has 0 aromatic carbocycles. The van der Waals surface area contributed by atoms with Crippen molar-refractivity contribution in [2.45, 2.75) is 77.8 Å². The zero-order chi connectivity index (χ0) is 22.4. The molecular formula is C21H36N6O3. The number of piperidine rings is 1. The smallest absolute Gasteiger partial charge is 0.323 e. The molecule has 30 heavy (non-hydrogen) atoms. The molecule has 0 bridgehead atoms. The minimum absolute atomic E-state index is 0.0299. The van der Waals surface area contributed by atoms with E-state index in [-0.39, 0.29) is 12.3 Å². The lowest BCUT2D eigenvalue weighted by molar-refractivity contribution is -0.154. The lowest BCUT2D eigenvalue weighted by Gasteiger charge is -2.42. The highest BCUT2D eigenvalue weighted by Gasteiger charge is 2.38. The number of aryl methyl sites for hydroxylation is 1. The summed E-state index contributed by atoms with van der Waals surface area (Å²) in [6.07, 6.45) is 5.11. The number of rotatable bonds is 9. The second-order valence-corrected chi connectivity index (χ2v) is 8.62. The fourth-order valence-electron chi connectivity index (χ4n) is 4.82. The first-order valence-electron chi connectivity index (χ1n) is 11.8. The fraction of sp³-hybridized carbons (Fsp3) is 0.857. The predicted molar refractivity (Wildman–Crippen MR) is 111 cm³/mol. The Balaban J connectivity index is 1.51. The van der Waals surface area contributed by atoms with Gasteiger partial charge in [-0.1, -0.05) is 11.6 Å². The lowest BCUT2D eigenvalue weighted by Crippen LogP contribution is -2.50. The molecule has 1 aromatic heterocycles. The molecule has 1 saturated carbocycles. The Kier molecular flexibility index (Phi) is 7.66. The molecule has 168 valence electrons. The summed E-state index contributed by atoms with van der Waals surface area (Å²) in [5.74, 6) is 1.50. The van der Waals surface area contributed by atoms with Gasteiger partial charge in [-0.15, -0.1) is 10.2 Å². The maximum Gasteiger partial charge on any atom is 0.323 e. The molecule has 0 radical (unpaired) electrons. The molecule has 1 saturated heterocycles. The van der Waals surface area contributed by atoms with Crippen LogP contribution in [0.3, 0.4) is 0 Å². The number of H-pyrrole nitrogens is 1. The van der Waals surface area contributed by atoms with Crippen LogP contribution in [0, 0.1) is 17.8 Å². The van der Waals surface area contributed by atoms with Crippen molar-refractivity contribution in [3.63, 3.8) is 0 Å². The molecule has 2 aliphatic rings. The van der Waals surface area contributed by atoms with E-state index in [0.29, 0.717) is 43.8 Å². The number of carbonyl (C=O) groups is 2. The minimum Gasteiger partial charge on any atom is -0.461 e. The van der Waals surface area contributed by atoms with Crippen molar-refractivity contribution in [1.82, 2.24) is 30.8 Å². The first kappa shape index (κ1) is 21.2. The van der Waals surface area contributed by atoms with Gasteiger partial charge in [0.05, 0.1) is 7.79 Å². The largest absolute Gasteiger partial charge is 0.461 e. The third kappa shape index (κ3) is 6.00. The van der Waals surface area contributed by atoms with Gasteiger partial charge < -0.3 is 15.0 Å². The number of ether oxygens (including phenoxy) is 1. The Bertz CT molecular complexity index is 729. The van der Waals surface area contributed by atoms with E-state index in [2.05, 4.69) is 25.9 Å². The van der Waals surface area contributed by atoms with Crippen molar-refractivity contribution in [2.75, 3.05) is 19.6 Å². The van der Waals surface area contributed by atoms with Gasteiger partial charge in [-0.3, -0.25) is 9.59 Å². The van der Waals surface area contributed by atoms with Crippen LogP contribution < -0.4 is 5.32 Å². The van der Waals surface area contributed by atoms with Crippen LogP contribution >= 0.6 is 0 Å². The summed E-state index contributed by atoms with van der Waals surface area (Å²) in [4.78, 5) is 26.8. The molecule has 1 aliphatic carbocycles. The van der Waals surface area contributed by atoms with Gasteiger partial charge in [-0.05, 0) is 70.8 Å². The molecule has 5 atom stereocenters. The highest BCUT2D eigenvalue weighted by atomic mass is 16.5. The van der Waals surface area contributed by atoms with Gasteiger partial charge in [0, 0.05) is 19.5 Å². The van der Waals surface area contributed by atoms with Crippen molar-refractivity contribution < 1.29 is 15.7 Å². The summed E-state index contributed by atoms with van der Waals surface area (Å²) in [7, 11) is 0. The van der Waals surface area contributed by atoms with Crippen LogP contribution in [0.15, 0.2) is 0 Å². The van der Waals surface area contributed by atoms with Crippen molar-refractivity contribution in [1.29, 1.82) is 0 Å². The van der Waals surface area contributed by atoms with E-state index in [1.54, 1.807) is 11.8 Å². The summed E-state index contributed by atoms with van der Waals surface area (Å²) in [6.45, 7) is 7.52. The zero-order valence-electron chi connectivity index (χ0n) is 19.4. The summed E-state index contributed by atoms with van der Waals surface area (Å²) >= 11 is 0. The quantitative estimate of drug-likeness (QED) is 0.584. The molecule has 9 nitrogen and oxygen atoms in total. The number of amides is 1. The summed E-state index contributed by atoms with van der Waals surface area (Å²) < 4.78 is 14.3. The second kappa shape index (κ2) is 10.8. The maximum absolute atomic E-state index is 12.8. The van der Waals surface area contributed by atoms with E-state index in [1.807, 2.05) is 13.8 Å². The molecule has 3 rings (SSSR count). The van der Waals surface area contributed by atoms with Crippen LogP contribution in [0.5, 0.6) is 0 Å². The van der Waals surface area contributed by atoms with Crippen LogP contribution in [0.25, 0.3) is 0 Å². The monoisotopic (exact) mass is 421 g/mol. The SMILES string of the molecule is [2H][C@@]1(C(=O)O[C@H](C)CC(=O)N(CC)CC)C[C@H]2C[C@@H](CCc3nn[nH]n3)CC[C@H]2CN1. The third-order valence-corrected chi connectivity index (χ3v) is 6.59. The molecular weight excluding hydrogens is 384 g/mol. The van der Waals surface area contributed by atoms with Crippen LogP contribution in [0.2, 0.25) is 0 Å². The highest BCUT2D eigenvalue weighted by molar-refractivity contribution is 5.79. The number of aromatic nitrogens is 4. The van der Waals surface area contributed by atoms with Crippen molar-refractivity contribution in [2.24, 2.45) is 17.8 Å². The van der Waals surface area contributed by atoms with Crippen LogP contribution in [0.1, 0.15) is 66.5 Å². The summed E-state index contributed by atoms with van der Waals surface area (Å²) in [5.41, 5.74) is 0. The fourth-order valence-corrected chi connectivity index (χ4v) is 4.82. The number of aromatic amines is 1. The summed E-state index contributed by atoms with van der Waals surface area (Å²) in [6, 6.07) is -1.44. The van der Waals surface area contributed by atoms with Crippen LogP contribution in [0.4, 0.5) is 0 Å². The molecule has 1 amide bonds. The first-order chi connectivity index (χ1) is 14.8. The predicted octanol–water partition coefficient (Wildman–Crippen LogP) is 1.72. The molecule has 2 N–H and O–H groups in total. The number of hydrogen-bond donors (Lipinski definition) is 2. The molecule has 0 unspecified atom stereocenters. The number of esters is 1. The average Bonchev–Trinajstić information content (AvgIpc) is 3.26. The van der Waals surface area contributed by atoms with Gasteiger partial charge in [-0.25, -0.2) is 0 Å². The lowest BCUT2D eigenvalue weighted by atomic mass is 9.69. The van der Waals surface area contributed by atoms with Gasteiger partial charge in [0.15, 0.2) is 5.82 Å². The highest BCUT2D eigenvalue weighted by Crippen LogP contribution is 2.40. The van der Waals surface area contributed by atoms with Crippen molar-refractivity contribution in [3.05, 3.63) is 5.82 Å². The molecule has 1 aliphatic heterocycles. The Morgan fingerprint density at radius 2 is 2.07 bits per heavy atom. The van der Waals surface area contributed by atoms with E-state index < -0.39 is 18.1 Å². The van der Waals surface area contributed by atoms with E-state index in [9.17, 15) is 9.59 Å². The van der Waals surface area contributed by atoms with E-state index >= 15 is 0 Å². The topological polar surface area (TPSA) is 113 Å².